The Morgan fingerprint density at radius 1 is 0.808 bits per heavy atom. The number of likely N-dealkylation sites (tertiary alicyclic amines) is 1. The lowest BCUT2D eigenvalue weighted by Crippen LogP contribution is -2.41. The number of carbonyl (C=O) groups is 3. The number of rotatable bonds is 14. The van der Waals surface area contributed by atoms with Crippen LogP contribution in [0.25, 0.3) is 23.1 Å². The van der Waals surface area contributed by atoms with Crippen molar-refractivity contribution in [2.24, 2.45) is 14.1 Å². The third-order valence-electron chi connectivity index (χ3n) is 9.13. The minimum Gasteiger partial charge on any atom is -0.382 e. The van der Waals surface area contributed by atoms with Gasteiger partial charge in [-0.25, -0.2) is 0 Å². The van der Waals surface area contributed by atoms with Crippen molar-refractivity contribution in [1.29, 1.82) is 0 Å². The van der Waals surface area contributed by atoms with Crippen molar-refractivity contribution in [3.8, 4) is 0 Å². The summed E-state index contributed by atoms with van der Waals surface area (Å²) in [7, 11) is 5.17. The Hall–Kier alpha value is -5.56. The Labute approximate surface area is 303 Å². The molecule has 5 aromatic rings. The average Bonchev–Trinajstić information content (AvgIpc) is 3.71. The van der Waals surface area contributed by atoms with Crippen molar-refractivity contribution < 1.29 is 23.9 Å². The fourth-order valence-electron chi connectivity index (χ4n) is 6.25. The van der Waals surface area contributed by atoms with Crippen molar-refractivity contribution >= 4 is 52.2 Å². The number of hydrogen-bond acceptors (Lipinski definition) is 7. The zero-order valence-corrected chi connectivity index (χ0v) is 29.8. The number of amides is 3. The van der Waals surface area contributed by atoms with E-state index in [1.807, 2.05) is 54.7 Å². The summed E-state index contributed by atoms with van der Waals surface area (Å²) in [6.07, 6.45) is 11.4. The van der Waals surface area contributed by atoms with Gasteiger partial charge >= 0.3 is 0 Å². The molecule has 0 aliphatic carbocycles. The van der Waals surface area contributed by atoms with E-state index in [9.17, 15) is 14.4 Å². The summed E-state index contributed by atoms with van der Waals surface area (Å²) in [5, 5.41) is 9.82. The topological polar surface area (TPSA) is 132 Å². The summed E-state index contributed by atoms with van der Waals surface area (Å²) in [5.74, 6) is -0.870. The van der Waals surface area contributed by atoms with Gasteiger partial charge < -0.3 is 39.5 Å². The van der Waals surface area contributed by atoms with E-state index in [1.54, 1.807) is 67.0 Å². The number of pyridine rings is 1. The van der Waals surface area contributed by atoms with Gasteiger partial charge in [-0.05, 0) is 60.4 Å². The molecule has 3 N–H and O–H groups in total. The molecule has 2 aromatic carbocycles. The van der Waals surface area contributed by atoms with Gasteiger partial charge in [-0.3, -0.25) is 19.4 Å². The lowest BCUT2D eigenvalue weighted by Gasteiger charge is -2.31. The number of carbonyl (C=O) groups excluding carboxylic acids is 3. The Morgan fingerprint density at radius 3 is 2.17 bits per heavy atom. The summed E-state index contributed by atoms with van der Waals surface area (Å²) >= 11 is 0. The lowest BCUT2D eigenvalue weighted by atomic mass is 10.1. The molecule has 0 radical (unpaired) electrons. The van der Waals surface area contributed by atoms with E-state index in [4.69, 9.17) is 9.47 Å². The molecule has 4 heterocycles. The second-order valence-corrected chi connectivity index (χ2v) is 12.9. The van der Waals surface area contributed by atoms with Crippen LogP contribution in [0, 0.1) is 0 Å². The fraction of sp³-hybridized carbons (Fsp3) is 0.300. The zero-order valence-electron chi connectivity index (χ0n) is 29.8. The molecule has 0 atom stereocenters. The van der Waals surface area contributed by atoms with Crippen molar-refractivity contribution in [2.75, 3.05) is 57.1 Å². The molecule has 3 amide bonds. The van der Waals surface area contributed by atoms with Gasteiger partial charge in [0.25, 0.3) is 17.7 Å². The molecule has 1 aliphatic rings. The number of anilines is 2. The Kier molecular flexibility index (Phi) is 11.9. The normalized spacial score (nSPS) is 13.8. The molecule has 1 saturated heterocycles. The van der Waals surface area contributed by atoms with E-state index in [0.717, 1.165) is 54.5 Å². The van der Waals surface area contributed by atoms with Crippen LogP contribution in [0.4, 0.5) is 11.4 Å². The average molecular weight is 704 g/mol. The molecule has 0 unspecified atom stereocenters. The highest BCUT2D eigenvalue weighted by Crippen LogP contribution is 2.20. The number of benzene rings is 2. The Morgan fingerprint density at radius 2 is 1.46 bits per heavy atom. The number of nitrogens with one attached hydrogen (secondary N) is 3. The smallest absolute Gasteiger partial charge is 0.272 e. The summed E-state index contributed by atoms with van der Waals surface area (Å²) in [5.41, 5.74) is 5.14. The molecule has 0 bridgehead atoms. The highest BCUT2D eigenvalue weighted by molar-refractivity contribution is 6.07. The first kappa shape index (κ1) is 36.2. The molecule has 270 valence electrons. The van der Waals surface area contributed by atoms with Crippen LogP contribution >= 0.6 is 0 Å². The zero-order chi connectivity index (χ0) is 36.5. The lowest BCUT2D eigenvalue weighted by molar-refractivity contribution is -0.0144. The quantitative estimate of drug-likeness (QED) is 0.131. The molecule has 0 spiro atoms. The second-order valence-electron chi connectivity index (χ2n) is 12.9. The van der Waals surface area contributed by atoms with Crippen LogP contribution in [-0.2, 0) is 23.6 Å². The van der Waals surface area contributed by atoms with Gasteiger partial charge in [-0.1, -0.05) is 42.5 Å². The first-order chi connectivity index (χ1) is 25.2. The van der Waals surface area contributed by atoms with Gasteiger partial charge in [0, 0.05) is 76.9 Å². The van der Waals surface area contributed by atoms with E-state index in [-0.39, 0.29) is 23.8 Å². The molecule has 0 saturated carbocycles. The fourth-order valence-corrected chi connectivity index (χ4v) is 6.25. The monoisotopic (exact) mass is 703 g/mol. The van der Waals surface area contributed by atoms with Crippen LogP contribution in [0.3, 0.4) is 0 Å². The van der Waals surface area contributed by atoms with Crippen molar-refractivity contribution in [1.82, 2.24) is 24.3 Å². The molecule has 1 fully saturated rings. The number of aryl methyl sites for hydroxylation is 2. The molecule has 12 heteroatoms. The van der Waals surface area contributed by atoms with Gasteiger partial charge in [0.2, 0.25) is 0 Å². The number of para-hydroxylation sites is 1. The maximum atomic E-state index is 13.2. The second kappa shape index (κ2) is 17.1. The number of fused-ring (bicyclic) bond motifs is 1. The predicted molar refractivity (Wildman–Crippen MR) is 203 cm³/mol. The highest BCUT2D eigenvalue weighted by Gasteiger charge is 2.21. The van der Waals surface area contributed by atoms with Crippen LogP contribution in [0.2, 0.25) is 0 Å². The Balaban J connectivity index is 0.970. The molecular weight excluding hydrogens is 658 g/mol. The molecular formula is C40H45N7O5. The van der Waals surface area contributed by atoms with Crippen LogP contribution in [-0.4, -0.2) is 89.3 Å². The summed E-state index contributed by atoms with van der Waals surface area (Å²) in [6, 6.07) is 20.6. The summed E-state index contributed by atoms with van der Waals surface area (Å²) in [4.78, 5) is 46.0. The number of ether oxygens (including phenoxy) is 2. The molecule has 3 aromatic heterocycles. The molecule has 6 rings (SSSR count). The first-order valence-electron chi connectivity index (χ1n) is 17.4. The largest absolute Gasteiger partial charge is 0.382 e. The number of nitrogens with zero attached hydrogens (tertiary/aromatic N) is 4. The van der Waals surface area contributed by atoms with E-state index < -0.39 is 0 Å². The standard InChI is InChI=1S/C40H45N7O5/c1-45-27-33(23-36(45)39(49)41-16-19-47-17-14-34(15-18-47)52-21-20-51-3)44-40(50)37-24-32(26-46(37)2)43-38(48)30-12-10-28(11-13-30)8-9-29-22-31-6-4-5-7-35(31)42-25-29/h4-13,22-27,34H,14-21H2,1-3H3,(H,41,49)(H,43,48)(H,44,50)/b9-8+. The van der Waals surface area contributed by atoms with E-state index in [2.05, 4.69) is 31.9 Å². The van der Waals surface area contributed by atoms with Crippen LogP contribution < -0.4 is 16.0 Å². The number of piperidine rings is 1. The van der Waals surface area contributed by atoms with Crippen LogP contribution in [0.5, 0.6) is 0 Å². The molecule has 12 nitrogen and oxygen atoms in total. The summed E-state index contributed by atoms with van der Waals surface area (Å²) in [6.45, 7) is 4.34. The number of methoxy groups -OCH3 is 1. The van der Waals surface area contributed by atoms with Gasteiger partial charge in [0.15, 0.2) is 0 Å². The summed E-state index contributed by atoms with van der Waals surface area (Å²) < 4.78 is 14.2. The maximum absolute atomic E-state index is 13.2. The van der Waals surface area contributed by atoms with Crippen molar-refractivity contribution in [2.45, 2.75) is 18.9 Å². The van der Waals surface area contributed by atoms with Gasteiger partial charge in [0.1, 0.15) is 11.4 Å². The van der Waals surface area contributed by atoms with Gasteiger partial charge in [-0.2, -0.15) is 0 Å². The van der Waals surface area contributed by atoms with Crippen LogP contribution in [0.1, 0.15) is 55.3 Å². The van der Waals surface area contributed by atoms with Crippen molar-refractivity contribution in [3.05, 3.63) is 113 Å². The third kappa shape index (κ3) is 9.40. The minimum absolute atomic E-state index is 0.212. The van der Waals surface area contributed by atoms with E-state index >= 15 is 0 Å². The first-order valence-corrected chi connectivity index (χ1v) is 17.4. The third-order valence-corrected chi connectivity index (χ3v) is 9.13. The molecule has 52 heavy (non-hydrogen) atoms. The number of hydrogen-bond donors (Lipinski definition) is 3. The Bertz CT molecular complexity index is 2040. The van der Waals surface area contributed by atoms with E-state index in [1.165, 1.54) is 0 Å². The number of aromatic nitrogens is 3. The highest BCUT2D eigenvalue weighted by atomic mass is 16.5. The van der Waals surface area contributed by atoms with Gasteiger partial charge in [0.05, 0.1) is 36.2 Å². The van der Waals surface area contributed by atoms with E-state index in [0.29, 0.717) is 48.1 Å². The van der Waals surface area contributed by atoms with Crippen molar-refractivity contribution in [3.63, 3.8) is 0 Å². The minimum atomic E-state index is -0.368. The van der Waals surface area contributed by atoms with Crippen LogP contribution in [0.15, 0.2) is 85.3 Å². The molecule has 1 aliphatic heterocycles. The van der Waals surface area contributed by atoms with Gasteiger partial charge in [-0.15, -0.1) is 0 Å². The predicted octanol–water partition coefficient (Wildman–Crippen LogP) is 5.44. The maximum Gasteiger partial charge on any atom is 0.272 e. The SMILES string of the molecule is COCCOC1CCN(CCNC(=O)c2cc(NC(=O)c3cc(NC(=O)c4ccc(/C=C/c5cnc6ccccc6c5)cc4)cn3C)cn2C)CC1.